The van der Waals surface area contributed by atoms with Gasteiger partial charge in [-0.1, -0.05) is 48.0 Å². The van der Waals surface area contributed by atoms with E-state index in [4.69, 9.17) is 5.84 Å². The molecular weight excluding hydrogens is 236 g/mol. The number of carbonyl (C=O) groups excluding carboxylic acids is 1. The molecule has 0 bridgehead atoms. The van der Waals surface area contributed by atoms with Crippen LogP contribution in [0.4, 0.5) is 0 Å². The van der Waals surface area contributed by atoms with E-state index in [1.165, 1.54) is 11.1 Å². The Morgan fingerprint density at radius 3 is 2.42 bits per heavy atom. The lowest BCUT2D eigenvalue weighted by Crippen LogP contribution is -2.30. The first-order valence-electron chi connectivity index (χ1n) is 6.35. The highest BCUT2D eigenvalue weighted by Crippen LogP contribution is 2.13. The van der Waals surface area contributed by atoms with Crippen molar-refractivity contribution >= 4 is 5.91 Å². The quantitative estimate of drug-likeness (QED) is 0.500. The van der Waals surface area contributed by atoms with E-state index < -0.39 is 0 Å². The lowest BCUT2D eigenvalue weighted by molar-refractivity contribution is 0.0952. The molecule has 98 valence electrons. The van der Waals surface area contributed by atoms with Crippen LogP contribution in [0.2, 0.25) is 0 Å². The molecule has 0 radical (unpaired) electrons. The maximum Gasteiger partial charge on any atom is 0.265 e. The second kappa shape index (κ2) is 6.16. The number of nitrogen functional groups attached to an aromatic ring is 1. The van der Waals surface area contributed by atoms with Gasteiger partial charge < -0.3 is 0 Å². The molecule has 1 amide bonds. The molecule has 19 heavy (non-hydrogen) atoms. The first-order valence-corrected chi connectivity index (χ1v) is 6.35. The fourth-order valence-corrected chi connectivity index (χ4v) is 2.07. The van der Waals surface area contributed by atoms with E-state index in [0.717, 1.165) is 18.4 Å². The van der Waals surface area contributed by atoms with Crippen LogP contribution < -0.4 is 11.3 Å². The van der Waals surface area contributed by atoms with Crippen molar-refractivity contribution in [3.63, 3.8) is 0 Å². The monoisotopic (exact) mass is 254 g/mol. The molecule has 0 fully saturated rings. The summed E-state index contributed by atoms with van der Waals surface area (Å²) in [5.41, 5.74) is 6.39. The minimum Gasteiger partial charge on any atom is -0.290 e. The molecule has 2 aromatic rings. The SMILES string of the molecule is Cc1ccc(CCc2ccccc2C(=O)NN)cc1. The largest absolute Gasteiger partial charge is 0.290 e. The highest BCUT2D eigenvalue weighted by molar-refractivity contribution is 5.95. The molecule has 0 saturated carbocycles. The number of hydrogen-bond acceptors (Lipinski definition) is 2. The van der Waals surface area contributed by atoms with Crippen LogP contribution in [0.15, 0.2) is 48.5 Å². The number of rotatable bonds is 4. The molecule has 0 unspecified atom stereocenters. The molecule has 0 aliphatic carbocycles. The molecule has 0 aliphatic heterocycles. The van der Waals surface area contributed by atoms with Crippen molar-refractivity contribution in [3.05, 3.63) is 70.8 Å². The zero-order chi connectivity index (χ0) is 13.7. The maximum atomic E-state index is 11.7. The second-order valence-corrected chi connectivity index (χ2v) is 4.62. The molecule has 0 atom stereocenters. The van der Waals surface area contributed by atoms with Crippen LogP contribution in [0.1, 0.15) is 27.0 Å². The van der Waals surface area contributed by atoms with Crippen molar-refractivity contribution < 1.29 is 4.79 Å². The smallest absolute Gasteiger partial charge is 0.265 e. The third-order valence-electron chi connectivity index (χ3n) is 3.20. The number of hydrazine groups is 1. The van der Waals surface area contributed by atoms with Gasteiger partial charge in [-0.05, 0) is 37.0 Å². The van der Waals surface area contributed by atoms with Crippen LogP contribution in [0.5, 0.6) is 0 Å². The number of amides is 1. The molecule has 3 N–H and O–H groups in total. The number of benzene rings is 2. The Hall–Kier alpha value is -2.13. The number of nitrogens with two attached hydrogens (primary N) is 1. The number of nitrogens with one attached hydrogen (secondary N) is 1. The van der Waals surface area contributed by atoms with E-state index in [2.05, 4.69) is 36.6 Å². The summed E-state index contributed by atoms with van der Waals surface area (Å²) in [5, 5.41) is 0. The molecule has 0 heterocycles. The summed E-state index contributed by atoms with van der Waals surface area (Å²) in [6, 6.07) is 16.0. The Bertz CT molecular complexity index is 561. The van der Waals surface area contributed by atoms with Crippen molar-refractivity contribution in [3.8, 4) is 0 Å². The van der Waals surface area contributed by atoms with Crippen LogP contribution in [0.25, 0.3) is 0 Å². The van der Waals surface area contributed by atoms with Crippen LogP contribution >= 0.6 is 0 Å². The first kappa shape index (κ1) is 13.3. The predicted molar refractivity (Wildman–Crippen MR) is 76.7 cm³/mol. The molecule has 3 nitrogen and oxygen atoms in total. The van der Waals surface area contributed by atoms with Gasteiger partial charge in [-0.2, -0.15) is 0 Å². The fourth-order valence-electron chi connectivity index (χ4n) is 2.07. The van der Waals surface area contributed by atoms with Crippen molar-refractivity contribution in [2.45, 2.75) is 19.8 Å². The molecule has 0 aromatic heterocycles. The highest BCUT2D eigenvalue weighted by atomic mass is 16.2. The summed E-state index contributed by atoms with van der Waals surface area (Å²) >= 11 is 0. The maximum absolute atomic E-state index is 11.7. The third kappa shape index (κ3) is 3.42. The van der Waals surface area contributed by atoms with Crippen molar-refractivity contribution in [2.75, 3.05) is 0 Å². The minimum atomic E-state index is -0.237. The number of aryl methyl sites for hydroxylation is 3. The first-order chi connectivity index (χ1) is 9.20. The van der Waals surface area contributed by atoms with E-state index in [1.54, 1.807) is 6.07 Å². The second-order valence-electron chi connectivity index (χ2n) is 4.62. The predicted octanol–water partition coefficient (Wildman–Crippen LogP) is 2.38. The van der Waals surface area contributed by atoms with Gasteiger partial charge in [-0.25, -0.2) is 5.84 Å². The lowest BCUT2D eigenvalue weighted by atomic mass is 9.99. The van der Waals surface area contributed by atoms with Gasteiger partial charge in [-0.3, -0.25) is 10.2 Å². The molecule has 2 rings (SSSR count). The Balaban J connectivity index is 2.11. The van der Waals surface area contributed by atoms with Gasteiger partial charge in [0.2, 0.25) is 0 Å². The number of carbonyl (C=O) groups is 1. The number of hydrogen-bond donors (Lipinski definition) is 2. The normalized spacial score (nSPS) is 10.2. The Labute approximate surface area is 113 Å². The molecule has 0 aliphatic rings. The summed E-state index contributed by atoms with van der Waals surface area (Å²) in [7, 11) is 0. The van der Waals surface area contributed by atoms with Crippen molar-refractivity contribution in [1.29, 1.82) is 0 Å². The average Bonchev–Trinajstić information content (AvgIpc) is 2.46. The molecule has 0 saturated heterocycles. The van der Waals surface area contributed by atoms with Gasteiger partial charge in [0, 0.05) is 5.56 Å². The summed E-state index contributed by atoms with van der Waals surface area (Å²) < 4.78 is 0. The fraction of sp³-hybridized carbons (Fsp3) is 0.188. The molecule has 2 aromatic carbocycles. The van der Waals surface area contributed by atoms with Crippen LogP contribution in [-0.4, -0.2) is 5.91 Å². The molecular formula is C16H18N2O. The Morgan fingerprint density at radius 1 is 1.05 bits per heavy atom. The van der Waals surface area contributed by atoms with E-state index >= 15 is 0 Å². The third-order valence-corrected chi connectivity index (χ3v) is 3.20. The topological polar surface area (TPSA) is 55.1 Å². The lowest BCUT2D eigenvalue weighted by Gasteiger charge is -2.08. The molecule has 0 spiro atoms. The Kier molecular flexibility index (Phi) is 4.31. The van der Waals surface area contributed by atoms with E-state index in [0.29, 0.717) is 5.56 Å². The van der Waals surface area contributed by atoms with Gasteiger partial charge in [0.15, 0.2) is 0 Å². The average molecular weight is 254 g/mol. The van der Waals surface area contributed by atoms with Crippen LogP contribution in [0.3, 0.4) is 0 Å². The van der Waals surface area contributed by atoms with Gasteiger partial charge in [0.25, 0.3) is 5.91 Å². The summed E-state index contributed by atoms with van der Waals surface area (Å²) in [5.74, 6) is 4.96. The standard InChI is InChI=1S/C16H18N2O/c1-12-6-8-13(9-7-12)10-11-14-4-2-3-5-15(14)16(19)18-17/h2-9H,10-11,17H2,1H3,(H,18,19). The van der Waals surface area contributed by atoms with Crippen molar-refractivity contribution in [2.24, 2.45) is 5.84 Å². The highest BCUT2D eigenvalue weighted by Gasteiger charge is 2.08. The minimum absolute atomic E-state index is 0.237. The van der Waals surface area contributed by atoms with Crippen LogP contribution in [0, 0.1) is 6.92 Å². The summed E-state index contributed by atoms with van der Waals surface area (Å²) in [6.07, 6.45) is 1.74. The van der Waals surface area contributed by atoms with E-state index in [9.17, 15) is 4.79 Å². The van der Waals surface area contributed by atoms with Crippen LogP contribution in [-0.2, 0) is 12.8 Å². The Morgan fingerprint density at radius 2 is 1.74 bits per heavy atom. The summed E-state index contributed by atoms with van der Waals surface area (Å²) in [4.78, 5) is 11.7. The van der Waals surface area contributed by atoms with E-state index in [-0.39, 0.29) is 5.91 Å². The van der Waals surface area contributed by atoms with Gasteiger partial charge >= 0.3 is 0 Å². The van der Waals surface area contributed by atoms with Crippen molar-refractivity contribution in [1.82, 2.24) is 5.43 Å². The zero-order valence-electron chi connectivity index (χ0n) is 11.0. The van der Waals surface area contributed by atoms with Gasteiger partial charge in [-0.15, -0.1) is 0 Å². The summed E-state index contributed by atoms with van der Waals surface area (Å²) in [6.45, 7) is 2.07. The van der Waals surface area contributed by atoms with Gasteiger partial charge in [0.05, 0.1) is 0 Å². The van der Waals surface area contributed by atoms with E-state index in [1.807, 2.05) is 18.2 Å². The molecule has 3 heteroatoms. The zero-order valence-corrected chi connectivity index (χ0v) is 11.0. The van der Waals surface area contributed by atoms with Gasteiger partial charge in [0.1, 0.15) is 0 Å².